The zero-order chi connectivity index (χ0) is 14.7. The van der Waals surface area contributed by atoms with E-state index >= 15 is 0 Å². The van der Waals surface area contributed by atoms with Crippen LogP contribution in [0.2, 0.25) is 5.15 Å². The Hall–Kier alpha value is -2.28. The minimum absolute atomic E-state index is 0.0202. The molecule has 0 fully saturated rings. The molecule has 0 bridgehead atoms. The summed E-state index contributed by atoms with van der Waals surface area (Å²) in [5.41, 5.74) is 0.374. The van der Waals surface area contributed by atoms with Crippen molar-refractivity contribution in [1.29, 1.82) is 0 Å². The quantitative estimate of drug-likeness (QED) is 0.531. The number of nitro groups is 1. The molecule has 2 aromatic rings. The van der Waals surface area contributed by atoms with Crippen molar-refractivity contribution in [3.63, 3.8) is 0 Å². The molecular formula is C12H10ClFN4O2. The van der Waals surface area contributed by atoms with Crippen LogP contribution in [0, 0.1) is 15.9 Å². The fourth-order valence-corrected chi connectivity index (χ4v) is 1.87. The molecule has 1 unspecified atom stereocenters. The molecule has 0 saturated heterocycles. The number of aromatic nitrogens is 2. The van der Waals surface area contributed by atoms with Crippen LogP contribution in [0.5, 0.6) is 0 Å². The minimum Gasteiger partial charge on any atom is -0.358 e. The zero-order valence-electron chi connectivity index (χ0n) is 10.4. The van der Waals surface area contributed by atoms with Crippen LogP contribution in [-0.4, -0.2) is 14.9 Å². The first kappa shape index (κ1) is 14.1. The minimum atomic E-state index is -0.651. The van der Waals surface area contributed by atoms with E-state index < -0.39 is 4.92 Å². The molecule has 1 atom stereocenters. The van der Waals surface area contributed by atoms with Crippen molar-refractivity contribution in [2.24, 2.45) is 0 Å². The van der Waals surface area contributed by atoms with Gasteiger partial charge in [-0.15, -0.1) is 0 Å². The van der Waals surface area contributed by atoms with Crippen molar-refractivity contribution < 1.29 is 9.31 Å². The van der Waals surface area contributed by atoms with Gasteiger partial charge in [0.2, 0.25) is 11.0 Å². The van der Waals surface area contributed by atoms with Crippen LogP contribution in [0.25, 0.3) is 0 Å². The number of nitrogens with zero attached hydrogens (tertiary/aromatic N) is 3. The first-order valence-electron chi connectivity index (χ1n) is 5.66. The van der Waals surface area contributed by atoms with E-state index in [1.807, 2.05) is 0 Å². The largest absolute Gasteiger partial charge is 0.358 e. The molecule has 1 heterocycles. The van der Waals surface area contributed by atoms with Crippen LogP contribution in [0.15, 0.2) is 30.6 Å². The zero-order valence-corrected chi connectivity index (χ0v) is 11.1. The van der Waals surface area contributed by atoms with Crippen LogP contribution in [0.4, 0.5) is 15.9 Å². The Bertz CT molecular complexity index is 636. The maximum atomic E-state index is 12.9. The van der Waals surface area contributed by atoms with Crippen molar-refractivity contribution in [3.05, 3.63) is 57.2 Å². The lowest BCUT2D eigenvalue weighted by Gasteiger charge is -2.14. The Labute approximate surface area is 118 Å². The van der Waals surface area contributed by atoms with Gasteiger partial charge in [0, 0.05) is 0 Å². The average molecular weight is 297 g/mol. The Morgan fingerprint density at radius 1 is 1.35 bits per heavy atom. The molecule has 8 heteroatoms. The average Bonchev–Trinajstić information content (AvgIpc) is 2.39. The van der Waals surface area contributed by atoms with Gasteiger partial charge in [-0.1, -0.05) is 23.7 Å². The molecule has 0 aliphatic heterocycles. The third kappa shape index (κ3) is 3.00. The van der Waals surface area contributed by atoms with E-state index in [9.17, 15) is 14.5 Å². The predicted octanol–water partition coefficient (Wildman–Crippen LogP) is 3.35. The van der Waals surface area contributed by atoms with Gasteiger partial charge in [0.25, 0.3) is 0 Å². The summed E-state index contributed by atoms with van der Waals surface area (Å²) in [5, 5.41) is 13.6. The summed E-state index contributed by atoms with van der Waals surface area (Å²) in [6.07, 6.45) is 1.13. The van der Waals surface area contributed by atoms with Gasteiger partial charge in [0.05, 0.1) is 11.0 Å². The highest BCUT2D eigenvalue weighted by Crippen LogP contribution is 2.30. The number of nitrogens with one attached hydrogen (secondary N) is 1. The summed E-state index contributed by atoms with van der Waals surface area (Å²) in [7, 11) is 0. The van der Waals surface area contributed by atoms with E-state index in [0.29, 0.717) is 0 Å². The molecule has 0 saturated carbocycles. The van der Waals surface area contributed by atoms with E-state index in [4.69, 9.17) is 11.6 Å². The summed E-state index contributed by atoms with van der Waals surface area (Å²) < 4.78 is 12.9. The third-order valence-corrected chi connectivity index (χ3v) is 2.96. The molecular weight excluding hydrogens is 287 g/mol. The van der Waals surface area contributed by atoms with Gasteiger partial charge >= 0.3 is 5.69 Å². The van der Waals surface area contributed by atoms with Crippen LogP contribution in [-0.2, 0) is 0 Å². The Balaban J connectivity index is 2.28. The summed E-state index contributed by atoms with van der Waals surface area (Å²) >= 11 is 5.69. The highest BCUT2D eigenvalue weighted by Gasteiger charge is 2.22. The predicted molar refractivity (Wildman–Crippen MR) is 72.1 cm³/mol. The van der Waals surface area contributed by atoms with Crippen molar-refractivity contribution in [2.75, 3.05) is 5.32 Å². The van der Waals surface area contributed by atoms with Gasteiger partial charge in [-0.25, -0.2) is 14.4 Å². The van der Waals surface area contributed by atoms with Crippen molar-refractivity contribution in [3.8, 4) is 0 Å². The monoisotopic (exact) mass is 296 g/mol. The smallest absolute Gasteiger partial charge is 0.348 e. The molecule has 0 radical (unpaired) electrons. The lowest BCUT2D eigenvalue weighted by atomic mass is 10.1. The van der Waals surface area contributed by atoms with Gasteiger partial charge in [-0.3, -0.25) is 10.1 Å². The Morgan fingerprint density at radius 3 is 2.60 bits per heavy atom. The summed E-state index contributed by atoms with van der Waals surface area (Å²) in [5.74, 6) is -0.330. The molecule has 1 aromatic heterocycles. The van der Waals surface area contributed by atoms with Crippen LogP contribution in [0.1, 0.15) is 18.5 Å². The number of anilines is 1. The molecule has 1 aromatic carbocycles. The van der Waals surface area contributed by atoms with E-state index in [2.05, 4.69) is 15.3 Å². The molecule has 104 valence electrons. The molecule has 0 aliphatic rings. The molecule has 2 rings (SSSR count). The molecule has 0 aliphatic carbocycles. The van der Waals surface area contributed by atoms with Gasteiger partial charge in [0.1, 0.15) is 12.1 Å². The number of halogens is 2. The molecule has 0 spiro atoms. The normalized spacial score (nSPS) is 11.9. The second-order valence-corrected chi connectivity index (χ2v) is 4.39. The standard InChI is InChI=1S/C12H10ClFN4O2/c1-7(8-2-4-9(14)5-3-8)17-12-10(18(19)20)11(13)15-6-16-12/h2-7H,1H3,(H,15,16,17). The van der Waals surface area contributed by atoms with Gasteiger partial charge in [-0.2, -0.15) is 0 Å². The van der Waals surface area contributed by atoms with E-state index in [0.717, 1.165) is 11.9 Å². The first-order valence-corrected chi connectivity index (χ1v) is 6.03. The summed E-state index contributed by atoms with van der Waals surface area (Å²) in [4.78, 5) is 17.7. The highest BCUT2D eigenvalue weighted by molar-refractivity contribution is 6.31. The van der Waals surface area contributed by atoms with Crippen molar-refractivity contribution in [1.82, 2.24) is 9.97 Å². The van der Waals surface area contributed by atoms with E-state index in [1.54, 1.807) is 19.1 Å². The fourth-order valence-electron chi connectivity index (χ4n) is 1.66. The maximum absolute atomic E-state index is 12.9. The number of benzene rings is 1. The lowest BCUT2D eigenvalue weighted by Crippen LogP contribution is -2.10. The number of rotatable bonds is 4. The molecule has 0 amide bonds. The van der Waals surface area contributed by atoms with Crippen LogP contribution < -0.4 is 5.32 Å². The molecule has 1 N–H and O–H groups in total. The first-order chi connectivity index (χ1) is 9.49. The summed E-state index contributed by atoms with van der Waals surface area (Å²) in [6.45, 7) is 1.77. The van der Waals surface area contributed by atoms with Crippen LogP contribution in [0.3, 0.4) is 0 Å². The van der Waals surface area contributed by atoms with Crippen LogP contribution >= 0.6 is 11.6 Å². The van der Waals surface area contributed by atoms with Crippen molar-refractivity contribution >= 4 is 23.1 Å². The fraction of sp³-hybridized carbons (Fsp3) is 0.167. The van der Waals surface area contributed by atoms with E-state index in [-0.39, 0.29) is 28.5 Å². The Morgan fingerprint density at radius 2 is 2.00 bits per heavy atom. The number of hydrogen-bond donors (Lipinski definition) is 1. The second-order valence-electron chi connectivity index (χ2n) is 4.04. The lowest BCUT2D eigenvalue weighted by molar-refractivity contribution is -0.384. The third-order valence-electron chi connectivity index (χ3n) is 2.68. The van der Waals surface area contributed by atoms with Gasteiger partial charge in [-0.05, 0) is 24.6 Å². The van der Waals surface area contributed by atoms with Gasteiger partial charge in [0.15, 0.2) is 0 Å². The molecule has 20 heavy (non-hydrogen) atoms. The summed E-state index contributed by atoms with van der Waals surface area (Å²) in [6, 6.07) is 5.49. The van der Waals surface area contributed by atoms with E-state index in [1.165, 1.54) is 12.1 Å². The van der Waals surface area contributed by atoms with Gasteiger partial charge < -0.3 is 5.32 Å². The topological polar surface area (TPSA) is 81.0 Å². The highest BCUT2D eigenvalue weighted by atomic mass is 35.5. The second kappa shape index (κ2) is 5.79. The number of hydrogen-bond acceptors (Lipinski definition) is 5. The van der Waals surface area contributed by atoms with Crippen molar-refractivity contribution in [2.45, 2.75) is 13.0 Å². The Kier molecular flexibility index (Phi) is 4.09. The molecule has 6 nitrogen and oxygen atoms in total. The SMILES string of the molecule is CC(Nc1ncnc(Cl)c1[N+](=O)[O-])c1ccc(F)cc1. The maximum Gasteiger partial charge on any atom is 0.348 e.